The van der Waals surface area contributed by atoms with Crippen LogP contribution in [0, 0.1) is 6.92 Å². The van der Waals surface area contributed by atoms with Crippen molar-refractivity contribution in [2.24, 2.45) is 0 Å². The van der Waals surface area contributed by atoms with E-state index in [1.54, 1.807) is 60.4 Å². The predicted molar refractivity (Wildman–Crippen MR) is 97.9 cm³/mol. The average Bonchev–Trinajstić information content (AvgIpc) is 3.22. The Morgan fingerprint density at radius 3 is 2.54 bits per heavy atom. The lowest BCUT2D eigenvalue weighted by molar-refractivity contribution is 0.0830. The first kappa shape index (κ1) is 16.9. The minimum absolute atomic E-state index is 0.0598. The lowest BCUT2D eigenvalue weighted by Crippen LogP contribution is -2.26. The van der Waals surface area contributed by atoms with Gasteiger partial charge in [-0.05, 0) is 25.1 Å². The van der Waals surface area contributed by atoms with E-state index < -0.39 is 0 Å². The number of carbonyl (C=O) groups is 1. The van der Waals surface area contributed by atoms with Crippen LogP contribution in [0.5, 0.6) is 11.5 Å². The molecule has 0 atom stereocenters. The lowest BCUT2D eigenvalue weighted by atomic mass is 10.1. The molecule has 1 saturated heterocycles. The molecule has 1 aromatic heterocycles. The number of benzene rings is 1. The number of aromatic nitrogens is 1. The number of thioether (sulfide) groups is 1. The fourth-order valence-electron chi connectivity index (χ4n) is 2.41. The van der Waals surface area contributed by atoms with E-state index in [9.17, 15) is 4.79 Å². The average molecular weight is 362 g/mol. The van der Waals surface area contributed by atoms with Gasteiger partial charge in [0.15, 0.2) is 0 Å². The molecule has 24 heavy (non-hydrogen) atoms. The second-order valence-corrected chi connectivity index (χ2v) is 7.36. The Hall–Kier alpha value is -1.99. The first-order valence-corrected chi connectivity index (χ1v) is 9.29. The van der Waals surface area contributed by atoms with Crippen LogP contribution in [0.3, 0.4) is 0 Å². The maximum Gasteiger partial charge on any atom is 0.258 e. The summed E-state index contributed by atoms with van der Waals surface area (Å²) in [6.45, 7) is 2.65. The maximum absolute atomic E-state index is 12.9. The quantitative estimate of drug-likeness (QED) is 0.831. The maximum atomic E-state index is 12.9. The largest absolute Gasteiger partial charge is 0.497 e. The molecular weight excluding hydrogens is 344 g/mol. The molecule has 1 aromatic carbocycles. The molecular formula is C17H18N2O3S2. The van der Waals surface area contributed by atoms with Crippen molar-refractivity contribution in [3.05, 3.63) is 44.9 Å². The summed E-state index contributed by atoms with van der Waals surface area (Å²) in [4.78, 5) is 19.2. The third-order valence-corrected chi connectivity index (χ3v) is 5.39. The molecule has 1 aliphatic rings. The molecule has 0 unspecified atom stereocenters. The van der Waals surface area contributed by atoms with Crippen LogP contribution < -0.4 is 9.47 Å². The third-order valence-electron chi connectivity index (χ3n) is 3.58. The molecule has 1 amide bonds. The fourth-order valence-corrected chi connectivity index (χ4v) is 4.00. The monoisotopic (exact) mass is 362 g/mol. The highest BCUT2D eigenvalue weighted by Gasteiger charge is 2.26. The Kier molecular flexibility index (Phi) is 5.11. The molecule has 0 spiro atoms. The summed E-state index contributed by atoms with van der Waals surface area (Å²) in [5, 5.41) is 3.94. The van der Waals surface area contributed by atoms with Crippen LogP contribution in [0.2, 0.25) is 0 Å². The zero-order valence-electron chi connectivity index (χ0n) is 13.7. The van der Waals surface area contributed by atoms with E-state index in [1.807, 2.05) is 18.4 Å². The summed E-state index contributed by atoms with van der Waals surface area (Å²) in [7, 11) is 3.15. The number of nitrogens with zero attached hydrogens (tertiary/aromatic N) is 2. The number of hydrogen-bond acceptors (Lipinski definition) is 6. The predicted octanol–water partition coefficient (Wildman–Crippen LogP) is 3.66. The second-order valence-electron chi connectivity index (χ2n) is 5.18. The fraction of sp³-hybridized carbons (Fsp3) is 0.294. The molecule has 2 heterocycles. The molecule has 1 aliphatic heterocycles. The number of thiazole rings is 1. The van der Waals surface area contributed by atoms with E-state index >= 15 is 0 Å². The molecule has 0 N–H and O–H groups in total. The Labute approximate surface area is 149 Å². The van der Waals surface area contributed by atoms with Crippen molar-refractivity contribution in [3.8, 4) is 11.5 Å². The smallest absolute Gasteiger partial charge is 0.258 e. The Bertz CT molecular complexity index is 764. The highest BCUT2D eigenvalue weighted by atomic mass is 32.2. The van der Waals surface area contributed by atoms with Gasteiger partial charge in [-0.15, -0.1) is 23.1 Å². The summed E-state index contributed by atoms with van der Waals surface area (Å²) in [6, 6.07) is 5.22. The van der Waals surface area contributed by atoms with Gasteiger partial charge in [0.2, 0.25) is 0 Å². The highest BCUT2D eigenvalue weighted by molar-refractivity contribution is 8.03. The Balaban J connectivity index is 1.89. The molecule has 2 aromatic rings. The molecule has 3 rings (SSSR count). The zero-order chi connectivity index (χ0) is 17.1. The summed E-state index contributed by atoms with van der Waals surface area (Å²) < 4.78 is 10.5. The van der Waals surface area contributed by atoms with Gasteiger partial charge >= 0.3 is 0 Å². The van der Waals surface area contributed by atoms with Crippen molar-refractivity contribution in [2.75, 3.05) is 26.5 Å². The van der Waals surface area contributed by atoms with Crippen molar-refractivity contribution in [3.63, 3.8) is 0 Å². The summed E-state index contributed by atoms with van der Waals surface area (Å²) >= 11 is 3.27. The van der Waals surface area contributed by atoms with Gasteiger partial charge in [0.05, 0.1) is 30.0 Å². The summed E-state index contributed by atoms with van der Waals surface area (Å²) in [5.41, 5.74) is 1.44. The van der Waals surface area contributed by atoms with Crippen LogP contribution >= 0.6 is 23.1 Å². The lowest BCUT2D eigenvalue weighted by Gasteiger charge is -2.18. The van der Waals surface area contributed by atoms with E-state index in [0.717, 1.165) is 21.5 Å². The zero-order valence-corrected chi connectivity index (χ0v) is 15.4. The van der Waals surface area contributed by atoms with Gasteiger partial charge < -0.3 is 14.4 Å². The third kappa shape index (κ3) is 3.57. The molecule has 5 nitrogen and oxygen atoms in total. The molecule has 0 bridgehead atoms. The Morgan fingerprint density at radius 2 is 1.96 bits per heavy atom. The first-order chi connectivity index (χ1) is 11.6. The number of aryl methyl sites for hydroxylation is 1. The van der Waals surface area contributed by atoms with Gasteiger partial charge in [-0.2, -0.15) is 0 Å². The minimum Gasteiger partial charge on any atom is -0.497 e. The highest BCUT2D eigenvalue weighted by Crippen LogP contribution is 2.32. The van der Waals surface area contributed by atoms with Crippen LogP contribution in [0.15, 0.2) is 28.6 Å². The van der Waals surface area contributed by atoms with Gasteiger partial charge in [-0.3, -0.25) is 4.79 Å². The Morgan fingerprint density at radius 1 is 1.25 bits per heavy atom. The van der Waals surface area contributed by atoms with Crippen LogP contribution in [0.4, 0.5) is 0 Å². The van der Waals surface area contributed by atoms with Crippen LogP contribution in [0.1, 0.15) is 21.1 Å². The number of rotatable bonds is 4. The van der Waals surface area contributed by atoms with E-state index in [0.29, 0.717) is 23.6 Å². The first-order valence-electron chi connectivity index (χ1n) is 7.42. The number of methoxy groups -OCH3 is 2. The van der Waals surface area contributed by atoms with E-state index in [4.69, 9.17) is 9.47 Å². The number of amides is 1. The van der Waals surface area contributed by atoms with Crippen molar-refractivity contribution in [1.29, 1.82) is 0 Å². The topological polar surface area (TPSA) is 51.7 Å². The summed E-state index contributed by atoms with van der Waals surface area (Å²) in [5.74, 6) is 2.02. The molecule has 1 fully saturated rings. The van der Waals surface area contributed by atoms with Gasteiger partial charge in [-0.25, -0.2) is 4.98 Å². The van der Waals surface area contributed by atoms with Crippen molar-refractivity contribution >= 4 is 35.1 Å². The van der Waals surface area contributed by atoms with Crippen molar-refractivity contribution < 1.29 is 14.3 Å². The van der Waals surface area contributed by atoms with Crippen molar-refractivity contribution in [2.45, 2.75) is 6.92 Å². The summed E-state index contributed by atoms with van der Waals surface area (Å²) in [6.07, 6.45) is 1.97. The SMILES string of the molecule is COc1cc(OC)cc(C(=O)N2CCS/C2=C/c2csc(C)n2)c1. The standard InChI is InChI=1S/C17H18N2O3S2/c1-11-18-13(10-24-11)8-16-19(4-5-23-16)17(20)12-6-14(21-2)9-15(7-12)22-3/h6-10H,4-5H2,1-3H3/b16-8+. The minimum atomic E-state index is -0.0598. The number of ether oxygens (including phenoxy) is 2. The molecule has 0 radical (unpaired) electrons. The van der Waals surface area contributed by atoms with Gasteiger partial charge in [0.25, 0.3) is 5.91 Å². The molecule has 0 saturated carbocycles. The van der Waals surface area contributed by atoms with E-state index in [-0.39, 0.29) is 5.91 Å². The van der Waals surface area contributed by atoms with Crippen molar-refractivity contribution in [1.82, 2.24) is 9.88 Å². The van der Waals surface area contributed by atoms with E-state index in [2.05, 4.69) is 4.98 Å². The normalized spacial score (nSPS) is 15.8. The van der Waals surface area contributed by atoms with Gasteiger partial charge in [0, 0.05) is 29.3 Å². The van der Waals surface area contributed by atoms with Crippen LogP contribution in [-0.2, 0) is 0 Å². The number of hydrogen-bond donors (Lipinski definition) is 0. The van der Waals surface area contributed by atoms with Crippen LogP contribution in [-0.4, -0.2) is 42.3 Å². The van der Waals surface area contributed by atoms with Gasteiger partial charge in [0.1, 0.15) is 11.5 Å². The van der Waals surface area contributed by atoms with Gasteiger partial charge in [-0.1, -0.05) is 0 Å². The molecule has 7 heteroatoms. The number of carbonyl (C=O) groups excluding carboxylic acids is 1. The van der Waals surface area contributed by atoms with Crippen LogP contribution in [0.25, 0.3) is 6.08 Å². The molecule has 0 aliphatic carbocycles. The second kappa shape index (κ2) is 7.27. The molecule has 126 valence electrons. The van der Waals surface area contributed by atoms with E-state index in [1.165, 1.54) is 0 Å².